The molecule has 158 valence electrons. The van der Waals surface area contributed by atoms with Gasteiger partial charge >= 0.3 is 0 Å². The van der Waals surface area contributed by atoms with Crippen LogP contribution in [-0.2, 0) is 17.6 Å². The van der Waals surface area contributed by atoms with Gasteiger partial charge in [-0.05, 0) is 67.7 Å². The minimum Gasteiger partial charge on any atom is -0.317 e. The highest BCUT2D eigenvalue weighted by Gasteiger charge is 2.25. The maximum Gasteiger partial charge on any atom is 0.225 e. The number of hydrogen-bond acceptors (Lipinski definition) is 5. The third-order valence-electron chi connectivity index (χ3n) is 5.49. The lowest BCUT2D eigenvalue weighted by molar-refractivity contribution is -0.116. The molecule has 0 aliphatic heterocycles. The lowest BCUT2D eigenvalue weighted by Crippen LogP contribution is -2.11. The number of carbonyl (C=O) groups is 1. The highest BCUT2D eigenvalue weighted by molar-refractivity contribution is 7.99. The molecule has 4 aromatic rings. The Morgan fingerprint density at radius 2 is 1.81 bits per heavy atom. The van der Waals surface area contributed by atoms with Gasteiger partial charge in [0.25, 0.3) is 0 Å². The number of nitrogens with one attached hydrogen (secondary N) is 1. The number of amides is 1. The molecule has 0 saturated heterocycles. The summed E-state index contributed by atoms with van der Waals surface area (Å²) in [5.41, 5.74) is 3.62. The van der Waals surface area contributed by atoms with Gasteiger partial charge in [-0.1, -0.05) is 30.3 Å². The lowest BCUT2D eigenvalue weighted by Gasteiger charge is -2.11. The van der Waals surface area contributed by atoms with E-state index in [1.807, 2.05) is 23.9 Å². The van der Waals surface area contributed by atoms with Crippen LogP contribution in [0.3, 0.4) is 0 Å². The first-order valence-electron chi connectivity index (χ1n) is 10.8. The summed E-state index contributed by atoms with van der Waals surface area (Å²) < 4.78 is 1.20. The molecular formula is C25H24N2OS3. The first-order valence-corrected chi connectivity index (χ1v) is 13.4. The van der Waals surface area contributed by atoms with E-state index in [-0.39, 0.29) is 5.91 Å². The molecule has 1 aliphatic carbocycles. The maximum atomic E-state index is 12.8. The van der Waals surface area contributed by atoms with Gasteiger partial charge in [0.15, 0.2) is 0 Å². The Bertz CT molecular complexity index is 1160. The Morgan fingerprint density at radius 1 is 1.00 bits per heavy atom. The third kappa shape index (κ3) is 4.71. The number of carbonyl (C=O) groups excluding carboxylic acids is 1. The number of thiazole rings is 1. The highest BCUT2D eigenvalue weighted by Crippen LogP contribution is 2.46. The predicted molar refractivity (Wildman–Crippen MR) is 135 cm³/mol. The van der Waals surface area contributed by atoms with Crippen molar-refractivity contribution in [3.63, 3.8) is 0 Å². The number of thiophene rings is 1. The molecule has 0 atom stereocenters. The second-order valence-electron chi connectivity index (χ2n) is 7.72. The minimum absolute atomic E-state index is 0.106. The molecule has 3 nitrogen and oxygen atoms in total. The average molecular weight is 465 g/mol. The van der Waals surface area contributed by atoms with Crippen LogP contribution in [0.15, 0.2) is 59.5 Å². The zero-order valence-electron chi connectivity index (χ0n) is 17.2. The number of anilines is 1. The smallest absolute Gasteiger partial charge is 0.225 e. The quantitative estimate of drug-likeness (QED) is 0.229. The zero-order valence-corrected chi connectivity index (χ0v) is 19.7. The average Bonchev–Trinajstić information content (AvgIpc) is 3.38. The van der Waals surface area contributed by atoms with Crippen LogP contribution < -0.4 is 5.32 Å². The zero-order chi connectivity index (χ0) is 21.0. The minimum atomic E-state index is 0.106. The summed E-state index contributed by atoms with van der Waals surface area (Å²) in [7, 11) is 0. The van der Waals surface area contributed by atoms with E-state index in [9.17, 15) is 4.79 Å². The standard InChI is InChI=1S/C25H24N2OS3/c28-22(15-8-16-29-17-9-2-1-3-10-17)27-25-23(18-11-4-6-13-20(18)30-25)24-26-19-12-5-7-14-21(19)31-24/h1-3,5,7,9-10,12,14H,4,6,8,11,13,15-16H2,(H,27,28). The van der Waals surface area contributed by atoms with Crippen LogP contribution in [0, 0.1) is 0 Å². The molecule has 31 heavy (non-hydrogen) atoms. The number of aromatic nitrogens is 1. The van der Waals surface area contributed by atoms with Gasteiger partial charge in [-0.25, -0.2) is 4.98 Å². The van der Waals surface area contributed by atoms with E-state index in [1.54, 1.807) is 22.7 Å². The van der Waals surface area contributed by atoms with E-state index in [2.05, 4.69) is 47.8 Å². The molecule has 1 amide bonds. The van der Waals surface area contributed by atoms with Crippen LogP contribution >= 0.6 is 34.4 Å². The summed E-state index contributed by atoms with van der Waals surface area (Å²) >= 11 is 5.30. The summed E-state index contributed by atoms with van der Waals surface area (Å²) in [5.74, 6) is 1.05. The predicted octanol–water partition coefficient (Wildman–Crippen LogP) is 7.41. The molecule has 2 heterocycles. The van der Waals surface area contributed by atoms with Gasteiger partial charge in [0.05, 0.1) is 10.2 Å². The number of fused-ring (bicyclic) bond motifs is 2. The van der Waals surface area contributed by atoms with Crippen molar-refractivity contribution in [2.45, 2.75) is 43.4 Å². The van der Waals surface area contributed by atoms with Crippen molar-refractivity contribution in [1.29, 1.82) is 0 Å². The van der Waals surface area contributed by atoms with Crippen LogP contribution in [0.2, 0.25) is 0 Å². The number of hydrogen-bond donors (Lipinski definition) is 1. The van der Waals surface area contributed by atoms with Crippen LogP contribution in [-0.4, -0.2) is 16.6 Å². The molecule has 1 N–H and O–H groups in total. The van der Waals surface area contributed by atoms with Crippen molar-refractivity contribution in [3.05, 3.63) is 65.0 Å². The number of benzene rings is 2. The number of rotatable bonds is 7. The Morgan fingerprint density at radius 3 is 2.68 bits per heavy atom. The molecule has 0 fully saturated rings. The van der Waals surface area contributed by atoms with E-state index in [0.29, 0.717) is 6.42 Å². The monoisotopic (exact) mass is 464 g/mol. The van der Waals surface area contributed by atoms with E-state index in [4.69, 9.17) is 4.98 Å². The fraction of sp³-hybridized carbons (Fsp3) is 0.280. The third-order valence-corrected chi connectivity index (χ3v) is 8.85. The van der Waals surface area contributed by atoms with Crippen LogP contribution in [0.5, 0.6) is 0 Å². The Kier molecular flexibility index (Phi) is 6.39. The molecular weight excluding hydrogens is 440 g/mol. The fourth-order valence-corrected chi connectivity index (χ4v) is 7.28. The Balaban J connectivity index is 1.31. The van der Waals surface area contributed by atoms with Crippen LogP contribution in [0.25, 0.3) is 20.8 Å². The van der Waals surface area contributed by atoms with E-state index >= 15 is 0 Å². The molecule has 6 heteroatoms. The van der Waals surface area contributed by atoms with Gasteiger partial charge in [0, 0.05) is 21.8 Å². The molecule has 1 aliphatic rings. The van der Waals surface area contributed by atoms with Gasteiger partial charge in [0.1, 0.15) is 10.0 Å². The molecule has 0 unspecified atom stereocenters. The Hall–Kier alpha value is -2.15. The summed E-state index contributed by atoms with van der Waals surface area (Å²) in [6.45, 7) is 0. The Labute approximate surface area is 194 Å². The van der Waals surface area contributed by atoms with Gasteiger partial charge in [-0.15, -0.1) is 34.4 Å². The first-order chi connectivity index (χ1) is 15.3. The SMILES string of the molecule is O=C(CCCSc1ccccc1)Nc1sc2c(c1-c1nc3ccccc3s1)CCCC2. The van der Waals surface area contributed by atoms with Crippen molar-refractivity contribution >= 4 is 55.6 Å². The van der Waals surface area contributed by atoms with Crippen molar-refractivity contribution < 1.29 is 4.79 Å². The number of nitrogens with zero attached hydrogens (tertiary/aromatic N) is 1. The van der Waals surface area contributed by atoms with Gasteiger partial charge in [-0.3, -0.25) is 4.79 Å². The molecule has 2 aromatic carbocycles. The fourth-order valence-electron chi connectivity index (χ4n) is 3.99. The second-order valence-corrected chi connectivity index (χ2v) is 11.0. The summed E-state index contributed by atoms with van der Waals surface area (Å²) in [5, 5.41) is 5.28. The van der Waals surface area contributed by atoms with E-state index in [0.717, 1.165) is 40.5 Å². The van der Waals surface area contributed by atoms with Crippen molar-refractivity contribution in [2.24, 2.45) is 0 Å². The lowest BCUT2D eigenvalue weighted by atomic mass is 9.96. The molecule has 0 saturated carbocycles. The molecule has 0 radical (unpaired) electrons. The number of aryl methyl sites for hydroxylation is 1. The topological polar surface area (TPSA) is 42.0 Å². The van der Waals surface area contributed by atoms with Gasteiger partial charge in [0.2, 0.25) is 5.91 Å². The van der Waals surface area contributed by atoms with E-state index in [1.165, 1.54) is 38.4 Å². The molecule has 5 rings (SSSR count). The number of para-hydroxylation sites is 1. The number of thioether (sulfide) groups is 1. The highest BCUT2D eigenvalue weighted by atomic mass is 32.2. The van der Waals surface area contributed by atoms with Crippen LogP contribution in [0.4, 0.5) is 5.00 Å². The van der Waals surface area contributed by atoms with Crippen LogP contribution in [0.1, 0.15) is 36.1 Å². The van der Waals surface area contributed by atoms with Crippen molar-refractivity contribution in [2.75, 3.05) is 11.1 Å². The van der Waals surface area contributed by atoms with Crippen molar-refractivity contribution in [3.8, 4) is 10.6 Å². The van der Waals surface area contributed by atoms with Gasteiger partial charge < -0.3 is 5.32 Å². The normalized spacial score (nSPS) is 13.3. The van der Waals surface area contributed by atoms with Gasteiger partial charge in [-0.2, -0.15) is 0 Å². The second kappa shape index (κ2) is 9.55. The summed E-state index contributed by atoms with van der Waals surface area (Å²) in [4.78, 5) is 20.4. The summed E-state index contributed by atoms with van der Waals surface area (Å²) in [6, 6.07) is 18.6. The molecule has 0 spiro atoms. The largest absolute Gasteiger partial charge is 0.317 e. The van der Waals surface area contributed by atoms with Crippen molar-refractivity contribution in [1.82, 2.24) is 4.98 Å². The first kappa shape index (κ1) is 20.7. The molecule has 2 aromatic heterocycles. The molecule has 0 bridgehead atoms. The van der Waals surface area contributed by atoms with E-state index < -0.39 is 0 Å². The maximum absolute atomic E-state index is 12.8. The summed E-state index contributed by atoms with van der Waals surface area (Å²) in [6.07, 6.45) is 6.05.